The highest BCUT2D eigenvalue weighted by Crippen LogP contribution is 2.35. The highest BCUT2D eigenvalue weighted by atomic mass is 32.2. The number of thioether (sulfide) groups is 1. The molecular weight excluding hydrogens is 402 g/mol. The summed E-state index contributed by atoms with van der Waals surface area (Å²) in [5.74, 6) is 0.454. The fourth-order valence-electron chi connectivity index (χ4n) is 4.18. The minimum atomic E-state index is 0.112. The maximum atomic E-state index is 13.1. The van der Waals surface area contributed by atoms with E-state index in [0.29, 0.717) is 5.75 Å². The number of carbonyl (C=O) groups excluding carboxylic acids is 1. The van der Waals surface area contributed by atoms with E-state index < -0.39 is 0 Å². The SMILES string of the molecule is C[C@@H]1Cc2ccccc2N1C(=O)CSc1nc(-c2ccccc2)c(-c2ccccc2)[nH]1. The van der Waals surface area contributed by atoms with E-state index in [9.17, 15) is 4.79 Å². The molecule has 4 aromatic rings. The number of aromatic amines is 1. The molecule has 0 radical (unpaired) electrons. The molecule has 5 heteroatoms. The van der Waals surface area contributed by atoms with E-state index >= 15 is 0 Å². The predicted octanol–water partition coefficient (Wildman–Crippen LogP) is 5.81. The molecule has 154 valence electrons. The topological polar surface area (TPSA) is 49.0 Å². The fourth-order valence-corrected chi connectivity index (χ4v) is 4.91. The smallest absolute Gasteiger partial charge is 0.237 e. The van der Waals surface area contributed by atoms with Crippen LogP contribution >= 0.6 is 11.8 Å². The van der Waals surface area contributed by atoms with Crippen molar-refractivity contribution in [2.45, 2.75) is 24.5 Å². The van der Waals surface area contributed by atoms with Gasteiger partial charge in [0, 0.05) is 22.9 Å². The summed E-state index contributed by atoms with van der Waals surface area (Å²) in [7, 11) is 0. The lowest BCUT2D eigenvalue weighted by atomic mass is 10.1. The number of H-pyrrole nitrogens is 1. The third kappa shape index (κ3) is 3.89. The molecule has 0 fully saturated rings. The van der Waals surface area contributed by atoms with E-state index in [4.69, 9.17) is 4.98 Å². The molecule has 1 aliphatic rings. The number of fused-ring (bicyclic) bond motifs is 1. The van der Waals surface area contributed by atoms with Crippen molar-refractivity contribution in [2.75, 3.05) is 10.7 Å². The van der Waals surface area contributed by atoms with Crippen molar-refractivity contribution in [3.63, 3.8) is 0 Å². The molecule has 1 atom stereocenters. The van der Waals surface area contributed by atoms with Gasteiger partial charge in [0.2, 0.25) is 5.91 Å². The van der Waals surface area contributed by atoms with Gasteiger partial charge in [0.1, 0.15) is 0 Å². The number of hydrogen-bond acceptors (Lipinski definition) is 3. The summed E-state index contributed by atoms with van der Waals surface area (Å²) in [5.41, 5.74) is 6.29. The second-order valence-electron chi connectivity index (χ2n) is 7.73. The number of aromatic nitrogens is 2. The zero-order valence-electron chi connectivity index (χ0n) is 17.3. The molecule has 0 aliphatic carbocycles. The molecule has 1 aromatic heterocycles. The van der Waals surface area contributed by atoms with Gasteiger partial charge in [-0.1, -0.05) is 90.6 Å². The summed E-state index contributed by atoms with van der Waals surface area (Å²) in [6.45, 7) is 2.11. The van der Waals surface area contributed by atoms with E-state index in [2.05, 4.69) is 42.2 Å². The number of carbonyl (C=O) groups is 1. The van der Waals surface area contributed by atoms with Crippen LogP contribution in [0.3, 0.4) is 0 Å². The summed E-state index contributed by atoms with van der Waals surface area (Å²) in [6.07, 6.45) is 0.906. The third-order valence-electron chi connectivity index (χ3n) is 5.60. The van der Waals surface area contributed by atoms with Gasteiger partial charge in [-0.15, -0.1) is 0 Å². The van der Waals surface area contributed by atoms with Crippen molar-refractivity contribution in [2.24, 2.45) is 0 Å². The Morgan fingerprint density at radius 1 is 0.968 bits per heavy atom. The zero-order chi connectivity index (χ0) is 21.2. The molecule has 2 heterocycles. The Bertz CT molecular complexity index is 1150. The van der Waals surface area contributed by atoms with Gasteiger partial charge in [0.25, 0.3) is 0 Å². The average molecular weight is 426 g/mol. The maximum absolute atomic E-state index is 13.1. The first-order chi connectivity index (χ1) is 15.2. The van der Waals surface area contributed by atoms with Gasteiger partial charge in [-0.05, 0) is 25.0 Å². The molecular formula is C26H23N3OS. The lowest BCUT2D eigenvalue weighted by Gasteiger charge is -2.22. The predicted molar refractivity (Wildman–Crippen MR) is 127 cm³/mol. The first-order valence-electron chi connectivity index (χ1n) is 10.4. The summed E-state index contributed by atoms with van der Waals surface area (Å²) in [6, 6.07) is 28.7. The Labute approximate surface area is 186 Å². The normalized spacial score (nSPS) is 15.1. The second kappa shape index (κ2) is 8.44. The molecule has 1 N–H and O–H groups in total. The van der Waals surface area contributed by atoms with Crippen LogP contribution in [0.5, 0.6) is 0 Å². The van der Waals surface area contributed by atoms with Crippen LogP contribution in [-0.2, 0) is 11.2 Å². The molecule has 3 aromatic carbocycles. The molecule has 5 rings (SSSR count). The first-order valence-corrected chi connectivity index (χ1v) is 11.4. The molecule has 0 unspecified atom stereocenters. The first kappa shape index (κ1) is 19.6. The van der Waals surface area contributed by atoms with Crippen LogP contribution in [-0.4, -0.2) is 27.7 Å². The Kier molecular flexibility index (Phi) is 5.35. The summed E-state index contributed by atoms with van der Waals surface area (Å²) >= 11 is 1.46. The number of nitrogens with one attached hydrogen (secondary N) is 1. The average Bonchev–Trinajstić information content (AvgIpc) is 3.39. The van der Waals surface area contributed by atoms with Crippen molar-refractivity contribution in [1.82, 2.24) is 9.97 Å². The molecule has 0 bridgehead atoms. The molecule has 0 saturated carbocycles. The highest BCUT2D eigenvalue weighted by molar-refractivity contribution is 7.99. The van der Waals surface area contributed by atoms with Gasteiger partial charge in [0.15, 0.2) is 5.16 Å². The van der Waals surface area contributed by atoms with E-state index in [0.717, 1.165) is 39.8 Å². The van der Waals surface area contributed by atoms with Gasteiger partial charge >= 0.3 is 0 Å². The van der Waals surface area contributed by atoms with Gasteiger partial charge in [-0.2, -0.15) is 0 Å². The largest absolute Gasteiger partial charge is 0.332 e. The van der Waals surface area contributed by atoms with E-state index in [1.165, 1.54) is 17.3 Å². The Hall–Kier alpha value is -3.31. The van der Waals surface area contributed by atoms with E-state index in [-0.39, 0.29) is 11.9 Å². The summed E-state index contributed by atoms with van der Waals surface area (Å²) in [5, 5.41) is 0.756. The van der Waals surface area contributed by atoms with Crippen LogP contribution < -0.4 is 4.90 Å². The molecule has 0 saturated heterocycles. The maximum Gasteiger partial charge on any atom is 0.237 e. The van der Waals surface area contributed by atoms with E-state index in [1.54, 1.807) is 0 Å². The van der Waals surface area contributed by atoms with Crippen molar-refractivity contribution >= 4 is 23.4 Å². The van der Waals surface area contributed by atoms with Crippen molar-refractivity contribution in [3.05, 3.63) is 90.5 Å². The van der Waals surface area contributed by atoms with Crippen LogP contribution in [0.2, 0.25) is 0 Å². The van der Waals surface area contributed by atoms with Crippen LogP contribution in [0.1, 0.15) is 12.5 Å². The zero-order valence-corrected chi connectivity index (χ0v) is 18.1. The molecule has 31 heavy (non-hydrogen) atoms. The van der Waals surface area contributed by atoms with Gasteiger partial charge in [-0.25, -0.2) is 4.98 Å². The number of imidazole rings is 1. The molecule has 0 spiro atoms. The summed E-state index contributed by atoms with van der Waals surface area (Å²) < 4.78 is 0. The van der Waals surface area contributed by atoms with Crippen LogP contribution in [0, 0.1) is 0 Å². The number of hydrogen-bond donors (Lipinski definition) is 1. The summed E-state index contributed by atoms with van der Waals surface area (Å²) in [4.78, 5) is 23.3. The fraction of sp³-hybridized carbons (Fsp3) is 0.154. The standard InChI is InChI=1S/C26H23N3OS/c1-18-16-21-14-8-9-15-22(21)29(18)23(30)17-31-26-27-24(19-10-4-2-5-11-19)25(28-26)20-12-6-3-7-13-20/h2-15,18H,16-17H2,1H3,(H,27,28)/t18-/m1/s1. The van der Waals surface area contributed by atoms with Gasteiger partial charge in [-0.3, -0.25) is 4.79 Å². The molecule has 4 nitrogen and oxygen atoms in total. The number of anilines is 1. The number of nitrogens with zero attached hydrogens (tertiary/aromatic N) is 2. The molecule has 1 amide bonds. The Morgan fingerprint density at radius 3 is 2.35 bits per heavy atom. The lowest BCUT2D eigenvalue weighted by molar-refractivity contribution is -0.116. The highest BCUT2D eigenvalue weighted by Gasteiger charge is 2.30. The number of para-hydroxylation sites is 1. The van der Waals surface area contributed by atoms with Crippen molar-refractivity contribution < 1.29 is 4.79 Å². The molecule has 1 aliphatic heterocycles. The number of rotatable bonds is 5. The Balaban J connectivity index is 1.40. The van der Waals surface area contributed by atoms with Crippen LogP contribution in [0.25, 0.3) is 22.5 Å². The van der Waals surface area contributed by atoms with Gasteiger partial charge < -0.3 is 9.88 Å². The van der Waals surface area contributed by atoms with E-state index in [1.807, 2.05) is 59.5 Å². The van der Waals surface area contributed by atoms with Crippen molar-refractivity contribution in [1.29, 1.82) is 0 Å². The van der Waals surface area contributed by atoms with Crippen LogP contribution in [0.4, 0.5) is 5.69 Å². The monoisotopic (exact) mass is 425 g/mol. The number of benzene rings is 3. The van der Waals surface area contributed by atoms with Crippen LogP contribution in [0.15, 0.2) is 90.1 Å². The second-order valence-corrected chi connectivity index (χ2v) is 8.70. The Morgan fingerprint density at radius 2 is 1.61 bits per heavy atom. The van der Waals surface area contributed by atoms with Crippen molar-refractivity contribution in [3.8, 4) is 22.5 Å². The number of amides is 1. The minimum Gasteiger partial charge on any atom is -0.332 e. The minimum absolute atomic E-state index is 0.112. The lowest BCUT2D eigenvalue weighted by Crippen LogP contribution is -2.36. The van der Waals surface area contributed by atoms with Gasteiger partial charge in [0.05, 0.1) is 17.1 Å². The third-order valence-corrected chi connectivity index (χ3v) is 6.46. The quantitative estimate of drug-likeness (QED) is 0.410.